The second-order valence-corrected chi connectivity index (χ2v) is 5.90. The van der Waals surface area contributed by atoms with E-state index in [9.17, 15) is 18.0 Å². The number of alkyl halides is 3. The van der Waals surface area contributed by atoms with Crippen molar-refractivity contribution in [3.63, 3.8) is 0 Å². The predicted molar refractivity (Wildman–Crippen MR) is 83.0 cm³/mol. The summed E-state index contributed by atoms with van der Waals surface area (Å²) in [7, 11) is 0. The Hall–Kier alpha value is -2.74. The van der Waals surface area contributed by atoms with Gasteiger partial charge in [0, 0.05) is 0 Å². The molecule has 0 aliphatic heterocycles. The molecule has 132 valence electrons. The lowest BCUT2D eigenvalue weighted by atomic mass is 10.3. The monoisotopic (exact) mass is 371 g/mol. The maximum absolute atomic E-state index is 12.2. The molecule has 0 radical (unpaired) electrons. The number of thioether (sulfide) groups is 1. The van der Waals surface area contributed by atoms with Gasteiger partial charge < -0.3 is 10.1 Å². The highest BCUT2D eigenvalue weighted by atomic mass is 32.2. The van der Waals surface area contributed by atoms with Gasteiger partial charge in [0.05, 0.1) is 17.5 Å². The molecule has 1 aromatic heterocycles. The second kappa shape index (κ2) is 7.89. The standard InChI is InChI=1S/C14H12F3N5O2S/c1-3-8-18-12(23)9(2)25-13-19-20-21-22(13)10-4-6-11(7-5-10)24-14(15,16)17/h1,4-7,9H,8H2,2H3,(H,18,23). The van der Waals surface area contributed by atoms with Crippen LogP contribution in [0, 0.1) is 12.3 Å². The molecule has 0 saturated carbocycles. The zero-order chi connectivity index (χ0) is 18.4. The Bertz CT molecular complexity index is 770. The van der Waals surface area contributed by atoms with Crippen LogP contribution in [0.15, 0.2) is 29.4 Å². The number of hydrogen-bond acceptors (Lipinski definition) is 6. The number of halogens is 3. The quantitative estimate of drug-likeness (QED) is 0.616. The molecule has 0 spiro atoms. The zero-order valence-corrected chi connectivity index (χ0v) is 13.6. The Morgan fingerprint density at radius 3 is 2.72 bits per heavy atom. The third-order valence-corrected chi connectivity index (χ3v) is 3.80. The van der Waals surface area contributed by atoms with Crippen LogP contribution in [-0.4, -0.2) is 44.3 Å². The summed E-state index contributed by atoms with van der Waals surface area (Å²) < 4.78 is 41.6. The molecular formula is C14H12F3N5O2S. The third-order valence-electron chi connectivity index (χ3n) is 2.77. The lowest BCUT2D eigenvalue weighted by molar-refractivity contribution is -0.274. The van der Waals surface area contributed by atoms with E-state index in [1.165, 1.54) is 16.8 Å². The summed E-state index contributed by atoms with van der Waals surface area (Å²) in [5, 5.41) is 13.4. The van der Waals surface area contributed by atoms with Crippen molar-refractivity contribution in [2.24, 2.45) is 0 Å². The molecule has 0 aliphatic rings. The van der Waals surface area contributed by atoms with Gasteiger partial charge in [-0.1, -0.05) is 17.7 Å². The lowest BCUT2D eigenvalue weighted by Crippen LogP contribution is -2.31. The minimum absolute atomic E-state index is 0.106. The fraction of sp³-hybridized carbons (Fsp3) is 0.286. The first kappa shape index (κ1) is 18.6. The van der Waals surface area contributed by atoms with Gasteiger partial charge in [-0.25, -0.2) is 0 Å². The van der Waals surface area contributed by atoms with E-state index >= 15 is 0 Å². The van der Waals surface area contributed by atoms with Crippen LogP contribution < -0.4 is 10.1 Å². The Kier molecular flexibility index (Phi) is 5.87. The number of rotatable bonds is 6. The van der Waals surface area contributed by atoms with Crippen molar-refractivity contribution in [2.45, 2.75) is 23.7 Å². The fourth-order valence-corrected chi connectivity index (χ4v) is 2.53. The van der Waals surface area contributed by atoms with Crippen molar-refractivity contribution in [3.8, 4) is 23.8 Å². The van der Waals surface area contributed by atoms with Crippen LogP contribution in [0.25, 0.3) is 5.69 Å². The first-order chi connectivity index (χ1) is 11.8. The molecule has 0 saturated heterocycles. The van der Waals surface area contributed by atoms with Gasteiger partial charge in [0.1, 0.15) is 5.75 Å². The molecule has 25 heavy (non-hydrogen) atoms. The Morgan fingerprint density at radius 1 is 1.44 bits per heavy atom. The highest BCUT2D eigenvalue weighted by Gasteiger charge is 2.31. The first-order valence-electron chi connectivity index (χ1n) is 6.82. The smallest absolute Gasteiger partial charge is 0.406 e. The Morgan fingerprint density at radius 2 is 2.12 bits per heavy atom. The van der Waals surface area contributed by atoms with Crippen LogP contribution in [-0.2, 0) is 4.79 Å². The number of carbonyl (C=O) groups excluding carboxylic acids is 1. The molecule has 1 heterocycles. The van der Waals surface area contributed by atoms with Crippen molar-refractivity contribution in [3.05, 3.63) is 24.3 Å². The maximum Gasteiger partial charge on any atom is 0.573 e. The van der Waals surface area contributed by atoms with Crippen LogP contribution in [0.3, 0.4) is 0 Å². The second-order valence-electron chi connectivity index (χ2n) is 4.60. The van der Waals surface area contributed by atoms with E-state index in [0.717, 1.165) is 23.9 Å². The lowest BCUT2D eigenvalue weighted by Gasteiger charge is -2.11. The number of nitrogens with one attached hydrogen (secondary N) is 1. The molecule has 1 amide bonds. The van der Waals surface area contributed by atoms with Crippen molar-refractivity contribution in [1.82, 2.24) is 25.5 Å². The molecule has 1 atom stereocenters. The number of aromatic nitrogens is 4. The van der Waals surface area contributed by atoms with Gasteiger partial charge >= 0.3 is 6.36 Å². The highest BCUT2D eigenvalue weighted by molar-refractivity contribution is 8.00. The number of terminal acetylenes is 1. The van der Waals surface area contributed by atoms with Crippen LogP contribution in [0.5, 0.6) is 5.75 Å². The SMILES string of the molecule is C#CCNC(=O)C(C)Sc1nnnn1-c1ccc(OC(F)(F)F)cc1. The van der Waals surface area contributed by atoms with E-state index in [4.69, 9.17) is 6.42 Å². The molecule has 2 aromatic rings. The minimum Gasteiger partial charge on any atom is -0.406 e. The summed E-state index contributed by atoms with van der Waals surface area (Å²) in [6.45, 7) is 1.76. The van der Waals surface area contributed by atoms with Gasteiger partial charge in [-0.2, -0.15) is 4.68 Å². The molecule has 0 bridgehead atoms. The summed E-state index contributed by atoms with van der Waals surface area (Å²) in [6, 6.07) is 5.01. The van der Waals surface area contributed by atoms with Gasteiger partial charge in [-0.15, -0.1) is 24.7 Å². The Labute approximate surface area is 144 Å². The summed E-state index contributed by atoms with van der Waals surface area (Å²) >= 11 is 1.08. The summed E-state index contributed by atoms with van der Waals surface area (Å²) in [5.41, 5.74) is 0.415. The van der Waals surface area contributed by atoms with E-state index in [-0.39, 0.29) is 18.2 Å². The van der Waals surface area contributed by atoms with Gasteiger partial charge in [-0.3, -0.25) is 4.79 Å². The Balaban J connectivity index is 2.11. The normalized spacial score (nSPS) is 12.3. The topological polar surface area (TPSA) is 81.9 Å². The number of hydrogen-bond donors (Lipinski definition) is 1. The molecular weight excluding hydrogens is 359 g/mol. The van der Waals surface area contributed by atoms with Crippen molar-refractivity contribution >= 4 is 17.7 Å². The van der Waals surface area contributed by atoms with Crippen LogP contribution in [0.4, 0.5) is 13.2 Å². The van der Waals surface area contributed by atoms with Crippen LogP contribution in [0.1, 0.15) is 6.92 Å². The fourth-order valence-electron chi connectivity index (χ4n) is 1.70. The molecule has 11 heteroatoms. The molecule has 2 rings (SSSR count). The molecule has 7 nitrogen and oxygen atoms in total. The summed E-state index contributed by atoms with van der Waals surface area (Å²) in [6.07, 6.45) is 0.310. The zero-order valence-electron chi connectivity index (χ0n) is 12.8. The van der Waals surface area contributed by atoms with Gasteiger partial charge in [0.2, 0.25) is 11.1 Å². The van der Waals surface area contributed by atoms with Crippen molar-refractivity contribution in [2.75, 3.05) is 6.54 Å². The van der Waals surface area contributed by atoms with Crippen LogP contribution >= 0.6 is 11.8 Å². The van der Waals surface area contributed by atoms with Crippen LogP contribution in [0.2, 0.25) is 0 Å². The average Bonchev–Trinajstić information content (AvgIpc) is 2.99. The molecule has 0 fully saturated rings. The number of carbonyl (C=O) groups is 1. The van der Waals surface area contributed by atoms with E-state index in [2.05, 4.69) is 31.5 Å². The molecule has 0 aliphatic carbocycles. The minimum atomic E-state index is -4.77. The summed E-state index contributed by atoms with van der Waals surface area (Å²) in [5.74, 6) is 1.65. The molecule has 1 aromatic carbocycles. The third kappa shape index (κ3) is 5.39. The largest absolute Gasteiger partial charge is 0.573 e. The number of benzene rings is 1. The summed E-state index contributed by atoms with van der Waals surface area (Å²) in [4.78, 5) is 11.8. The van der Waals surface area contributed by atoms with Gasteiger partial charge in [-0.05, 0) is 41.6 Å². The van der Waals surface area contributed by atoms with Crippen molar-refractivity contribution < 1.29 is 22.7 Å². The van der Waals surface area contributed by atoms with Gasteiger partial charge in [0.15, 0.2) is 0 Å². The van der Waals surface area contributed by atoms with E-state index in [1.54, 1.807) is 6.92 Å². The van der Waals surface area contributed by atoms with Gasteiger partial charge in [0.25, 0.3) is 0 Å². The van der Waals surface area contributed by atoms with E-state index in [1.807, 2.05) is 0 Å². The predicted octanol–water partition coefficient (Wildman–Crippen LogP) is 1.79. The van der Waals surface area contributed by atoms with E-state index in [0.29, 0.717) is 10.8 Å². The maximum atomic E-state index is 12.2. The first-order valence-corrected chi connectivity index (χ1v) is 7.70. The average molecular weight is 371 g/mol. The van der Waals surface area contributed by atoms with E-state index < -0.39 is 11.6 Å². The number of amides is 1. The highest BCUT2D eigenvalue weighted by Crippen LogP contribution is 2.26. The molecule has 1 unspecified atom stereocenters. The number of nitrogens with zero attached hydrogens (tertiary/aromatic N) is 4. The van der Waals surface area contributed by atoms with Crippen molar-refractivity contribution in [1.29, 1.82) is 0 Å². The number of ether oxygens (including phenoxy) is 1. The molecule has 1 N–H and O–H groups in total. The number of tetrazole rings is 1.